The van der Waals surface area contributed by atoms with Crippen molar-refractivity contribution in [2.24, 2.45) is 5.92 Å². The molecule has 1 aliphatic rings. The van der Waals surface area contributed by atoms with Crippen molar-refractivity contribution in [1.82, 2.24) is 4.90 Å². The zero-order valence-corrected chi connectivity index (χ0v) is 8.27. The van der Waals surface area contributed by atoms with Gasteiger partial charge >= 0.3 is 0 Å². The number of nitrogens with one attached hydrogen (secondary N) is 1. The molecule has 0 amide bonds. The largest absolute Gasteiger partial charge is 0.361 e. The minimum atomic E-state index is 0.823. The van der Waals surface area contributed by atoms with Crippen LogP contribution in [-0.4, -0.2) is 23.8 Å². The van der Waals surface area contributed by atoms with E-state index in [0.29, 0.717) is 0 Å². The van der Waals surface area contributed by atoms with Gasteiger partial charge in [-0.2, -0.15) is 0 Å². The fraction of sp³-hybridized carbons (Fsp3) is 0.900. The van der Waals surface area contributed by atoms with Crippen molar-refractivity contribution in [1.29, 1.82) is 5.41 Å². The molecule has 0 spiro atoms. The fourth-order valence-electron chi connectivity index (χ4n) is 1.76. The van der Waals surface area contributed by atoms with Crippen molar-refractivity contribution in [3.05, 3.63) is 0 Å². The number of hydrogen-bond donors (Lipinski definition) is 1. The lowest BCUT2D eigenvalue weighted by Crippen LogP contribution is -2.30. The molecule has 1 N–H and O–H groups in total. The highest BCUT2D eigenvalue weighted by Crippen LogP contribution is 2.16. The lowest BCUT2D eigenvalue weighted by atomic mass is 10.0. The van der Waals surface area contributed by atoms with E-state index in [1.807, 2.05) is 0 Å². The van der Waals surface area contributed by atoms with Gasteiger partial charge < -0.3 is 4.90 Å². The van der Waals surface area contributed by atoms with Gasteiger partial charge in [0, 0.05) is 19.5 Å². The molecule has 70 valence electrons. The van der Waals surface area contributed by atoms with Gasteiger partial charge in [0.15, 0.2) is 0 Å². The maximum absolute atomic E-state index is 7.72. The molecule has 1 fully saturated rings. The normalized spacial score (nSPS) is 25.2. The molecule has 1 unspecified atom stereocenters. The zero-order valence-electron chi connectivity index (χ0n) is 8.27. The van der Waals surface area contributed by atoms with Gasteiger partial charge in [-0.3, -0.25) is 5.41 Å². The van der Waals surface area contributed by atoms with Gasteiger partial charge in [-0.1, -0.05) is 13.8 Å². The van der Waals surface area contributed by atoms with Gasteiger partial charge in [-0.25, -0.2) is 0 Å². The fourth-order valence-corrected chi connectivity index (χ4v) is 1.76. The van der Waals surface area contributed by atoms with Crippen LogP contribution in [0.5, 0.6) is 0 Å². The smallest absolute Gasteiger partial charge is 0.0954 e. The van der Waals surface area contributed by atoms with Crippen molar-refractivity contribution in [3.63, 3.8) is 0 Å². The summed E-state index contributed by atoms with van der Waals surface area (Å²) in [5.74, 6) is 1.68. The molecule has 2 nitrogen and oxygen atoms in total. The summed E-state index contributed by atoms with van der Waals surface area (Å²) < 4.78 is 0. The number of hydrogen-bond acceptors (Lipinski definition) is 1. The number of rotatable bonds is 1. The summed E-state index contributed by atoms with van der Waals surface area (Å²) in [5.41, 5.74) is 0. The van der Waals surface area contributed by atoms with Crippen LogP contribution in [0.2, 0.25) is 0 Å². The second kappa shape index (κ2) is 4.48. The van der Waals surface area contributed by atoms with E-state index in [9.17, 15) is 0 Å². The van der Waals surface area contributed by atoms with Gasteiger partial charge in [0.05, 0.1) is 5.84 Å². The first kappa shape index (κ1) is 9.56. The Kier molecular flexibility index (Phi) is 3.57. The minimum Gasteiger partial charge on any atom is -0.361 e. The Bertz CT molecular complexity index is 154. The van der Waals surface area contributed by atoms with E-state index in [2.05, 4.69) is 18.7 Å². The Morgan fingerprint density at radius 3 is 2.83 bits per heavy atom. The summed E-state index contributed by atoms with van der Waals surface area (Å²) >= 11 is 0. The van der Waals surface area contributed by atoms with Crippen LogP contribution in [0, 0.1) is 11.3 Å². The predicted molar refractivity (Wildman–Crippen MR) is 52.6 cm³/mol. The first-order chi connectivity index (χ1) is 5.74. The molecule has 2 heteroatoms. The number of nitrogens with zero attached hydrogens (tertiary/aromatic N) is 1. The summed E-state index contributed by atoms with van der Waals surface area (Å²) in [4.78, 5) is 2.24. The van der Waals surface area contributed by atoms with Crippen LogP contribution in [0.15, 0.2) is 0 Å². The van der Waals surface area contributed by atoms with Crippen LogP contribution in [-0.2, 0) is 0 Å². The molecule has 0 aromatic heterocycles. The molecule has 0 radical (unpaired) electrons. The Labute approximate surface area is 75.5 Å². The van der Waals surface area contributed by atoms with Gasteiger partial charge in [0.1, 0.15) is 0 Å². The highest BCUT2D eigenvalue weighted by molar-refractivity contribution is 5.78. The summed E-state index contributed by atoms with van der Waals surface area (Å²) in [6.45, 7) is 6.60. The second-order valence-electron chi connectivity index (χ2n) is 3.82. The number of likely N-dealkylation sites (tertiary alicyclic amines) is 1. The van der Waals surface area contributed by atoms with E-state index < -0.39 is 0 Å². The van der Waals surface area contributed by atoms with E-state index in [1.165, 1.54) is 19.3 Å². The van der Waals surface area contributed by atoms with E-state index in [1.54, 1.807) is 0 Å². The minimum absolute atomic E-state index is 0.823. The molecule has 0 aliphatic carbocycles. The molecule has 0 bridgehead atoms. The van der Waals surface area contributed by atoms with Crippen molar-refractivity contribution >= 4 is 5.84 Å². The number of amidine groups is 1. The van der Waals surface area contributed by atoms with Crippen LogP contribution in [0.1, 0.15) is 39.5 Å². The average molecular weight is 168 g/mol. The van der Waals surface area contributed by atoms with Gasteiger partial charge in [-0.05, 0) is 25.2 Å². The van der Waals surface area contributed by atoms with Crippen LogP contribution in [0.4, 0.5) is 0 Å². The van der Waals surface area contributed by atoms with Crippen LogP contribution in [0.25, 0.3) is 0 Å². The van der Waals surface area contributed by atoms with Crippen LogP contribution in [0.3, 0.4) is 0 Å². The van der Waals surface area contributed by atoms with E-state index in [0.717, 1.165) is 31.3 Å². The average Bonchev–Trinajstić information content (AvgIpc) is 2.29. The third-order valence-corrected chi connectivity index (χ3v) is 2.73. The summed E-state index contributed by atoms with van der Waals surface area (Å²) in [6, 6.07) is 0. The molecule has 12 heavy (non-hydrogen) atoms. The van der Waals surface area contributed by atoms with E-state index >= 15 is 0 Å². The summed E-state index contributed by atoms with van der Waals surface area (Å²) in [6.07, 6.45) is 4.76. The van der Waals surface area contributed by atoms with Crippen LogP contribution >= 0.6 is 0 Å². The molecule has 1 rings (SSSR count). The SMILES string of the molecule is CCC(=N)N1CCCC(C)CC1. The predicted octanol–water partition coefficient (Wildman–Crippen LogP) is 2.50. The molecular formula is C10H20N2. The molecule has 0 aromatic carbocycles. The third kappa shape index (κ3) is 2.50. The maximum Gasteiger partial charge on any atom is 0.0954 e. The Balaban J connectivity index is 2.40. The van der Waals surface area contributed by atoms with Crippen molar-refractivity contribution < 1.29 is 0 Å². The lowest BCUT2D eigenvalue weighted by molar-refractivity contribution is 0.415. The highest BCUT2D eigenvalue weighted by atomic mass is 15.2. The summed E-state index contributed by atoms with van der Waals surface area (Å²) in [5, 5.41) is 7.72. The monoisotopic (exact) mass is 168 g/mol. The quantitative estimate of drug-likeness (QED) is 0.472. The first-order valence-electron chi connectivity index (χ1n) is 5.06. The van der Waals surface area contributed by atoms with E-state index in [4.69, 9.17) is 5.41 Å². The molecule has 1 saturated heterocycles. The Hall–Kier alpha value is -0.530. The first-order valence-corrected chi connectivity index (χ1v) is 5.06. The molecular weight excluding hydrogens is 148 g/mol. The lowest BCUT2D eigenvalue weighted by Gasteiger charge is -2.22. The second-order valence-corrected chi connectivity index (χ2v) is 3.82. The van der Waals surface area contributed by atoms with Gasteiger partial charge in [0.25, 0.3) is 0 Å². The maximum atomic E-state index is 7.72. The third-order valence-electron chi connectivity index (χ3n) is 2.73. The highest BCUT2D eigenvalue weighted by Gasteiger charge is 2.14. The van der Waals surface area contributed by atoms with E-state index in [-0.39, 0.29) is 0 Å². The molecule has 1 heterocycles. The van der Waals surface area contributed by atoms with Crippen molar-refractivity contribution in [2.75, 3.05) is 13.1 Å². The van der Waals surface area contributed by atoms with Crippen molar-refractivity contribution in [3.8, 4) is 0 Å². The Morgan fingerprint density at radius 2 is 2.17 bits per heavy atom. The molecule has 1 atom stereocenters. The topological polar surface area (TPSA) is 27.1 Å². The zero-order chi connectivity index (χ0) is 8.97. The van der Waals surface area contributed by atoms with Crippen molar-refractivity contribution in [2.45, 2.75) is 39.5 Å². The van der Waals surface area contributed by atoms with Gasteiger partial charge in [0.2, 0.25) is 0 Å². The summed E-state index contributed by atoms with van der Waals surface area (Å²) in [7, 11) is 0. The molecule has 0 aromatic rings. The molecule has 1 aliphatic heterocycles. The Morgan fingerprint density at radius 1 is 1.42 bits per heavy atom. The molecule has 0 saturated carbocycles. The van der Waals surface area contributed by atoms with Crippen LogP contribution < -0.4 is 0 Å². The van der Waals surface area contributed by atoms with Gasteiger partial charge in [-0.15, -0.1) is 0 Å². The standard InChI is InChI=1S/C10H20N2/c1-3-10(11)12-7-4-5-9(2)6-8-12/h9,11H,3-8H2,1-2H3.